The van der Waals surface area contributed by atoms with Crippen LogP contribution in [0.1, 0.15) is 45.1 Å². The van der Waals surface area contributed by atoms with Gasteiger partial charge in [0.05, 0.1) is 40.5 Å². The van der Waals surface area contributed by atoms with E-state index in [2.05, 4.69) is 18.4 Å². The van der Waals surface area contributed by atoms with E-state index in [1.165, 1.54) is 11.6 Å². The van der Waals surface area contributed by atoms with E-state index in [0.717, 1.165) is 28.3 Å². The van der Waals surface area contributed by atoms with Gasteiger partial charge in [0.2, 0.25) is 0 Å². The second-order valence-corrected chi connectivity index (χ2v) is 10.1. The van der Waals surface area contributed by atoms with Gasteiger partial charge in [0, 0.05) is 14.1 Å². The monoisotopic (exact) mass is 473 g/mol. The molecule has 0 radical (unpaired) electrons. The van der Waals surface area contributed by atoms with Gasteiger partial charge in [-0.3, -0.25) is 13.9 Å². The van der Waals surface area contributed by atoms with Crippen molar-refractivity contribution < 1.29 is 9.47 Å². The number of nitrogens with zero attached hydrogens (tertiary/aromatic N) is 3. The van der Waals surface area contributed by atoms with Crippen LogP contribution in [0.2, 0.25) is 0 Å². The lowest BCUT2D eigenvalue weighted by Gasteiger charge is -2.39. The second kappa shape index (κ2) is 8.27. The number of hydrogen-bond donors (Lipinski definition) is 0. The van der Waals surface area contributed by atoms with E-state index in [1.807, 2.05) is 68.4 Å². The quantitative estimate of drug-likeness (QED) is 0.442. The Kier molecular flexibility index (Phi) is 5.48. The van der Waals surface area contributed by atoms with Crippen molar-refractivity contribution in [2.24, 2.45) is 14.1 Å². The van der Waals surface area contributed by atoms with Gasteiger partial charge in [0.25, 0.3) is 5.56 Å². The molecule has 5 rings (SSSR count). The molecular weight excluding hydrogens is 442 g/mol. The molecule has 3 heterocycles. The van der Waals surface area contributed by atoms with Crippen LogP contribution in [0.3, 0.4) is 0 Å². The van der Waals surface area contributed by atoms with Crippen molar-refractivity contribution in [2.45, 2.75) is 45.4 Å². The molecule has 0 fully saturated rings. The molecule has 1 aliphatic rings. The van der Waals surface area contributed by atoms with Crippen LogP contribution in [-0.2, 0) is 24.4 Å². The molecule has 35 heavy (non-hydrogen) atoms. The molecule has 7 nitrogen and oxygen atoms in total. The van der Waals surface area contributed by atoms with E-state index < -0.39 is 11.6 Å². The number of fused-ring (bicyclic) bond motifs is 3. The zero-order chi connectivity index (χ0) is 25.1. The molecular formula is C28H31N3O4. The summed E-state index contributed by atoms with van der Waals surface area (Å²) in [4.78, 5) is 26.6. The lowest BCUT2D eigenvalue weighted by atomic mass is 9.98. The maximum atomic E-state index is 13.6. The Bertz CT molecular complexity index is 1520. The Morgan fingerprint density at radius 2 is 1.63 bits per heavy atom. The van der Waals surface area contributed by atoms with Gasteiger partial charge in [-0.05, 0) is 51.0 Å². The normalized spacial score (nSPS) is 17.1. The highest BCUT2D eigenvalue weighted by Gasteiger charge is 2.40. The summed E-state index contributed by atoms with van der Waals surface area (Å²) in [5.41, 5.74) is 2.97. The molecule has 2 aromatic heterocycles. The fourth-order valence-electron chi connectivity index (χ4n) is 5.11. The largest absolute Gasteiger partial charge is 0.491 e. The minimum absolute atomic E-state index is 0.0768. The van der Waals surface area contributed by atoms with E-state index in [4.69, 9.17) is 9.47 Å². The average Bonchev–Trinajstić information content (AvgIpc) is 3.20. The molecule has 1 aliphatic heterocycles. The lowest BCUT2D eigenvalue weighted by Crippen LogP contribution is -2.40. The summed E-state index contributed by atoms with van der Waals surface area (Å²) < 4.78 is 17.2. The van der Waals surface area contributed by atoms with Gasteiger partial charge in [-0.25, -0.2) is 4.79 Å². The predicted octanol–water partition coefficient (Wildman–Crippen LogP) is 4.35. The third-order valence-electron chi connectivity index (χ3n) is 6.67. The summed E-state index contributed by atoms with van der Waals surface area (Å²) in [6.45, 7) is 8.63. The minimum atomic E-state index is -0.450. The first-order valence-corrected chi connectivity index (χ1v) is 11.9. The van der Waals surface area contributed by atoms with Crippen molar-refractivity contribution in [3.8, 4) is 17.0 Å². The molecule has 1 atom stereocenters. The Balaban J connectivity index is 1.88. The van der Waals surface area contributed by atoms with Gasteiger partial charge in [-0.15, -0.1) is 0 Å². The first-order valence-electron chi connectivity index (χ1n) is 11.9. The van der Waals surface area contributed by atoms with Gasteiger partial charge in [0.15, 0.2) is 0 Å². The van der Waals surface area contributed by atoms with Gasteiger partial charge in [0.1, 0.15) is 11.9 Å². The fraction of sp³-hybridized carbons (Fsp3) is 0.357. The SMILES string of the molecule is CC(C)Oc1ccc([C@H]2OCC(C)(C)n3c(-c4ccccc4)c4c(=O)n(C)c(=O)n(C)c4c32)cc1. The smallest absolute Gasteiger partial charge is 0.331 e. The van der Waals surface area contributed by atoms with Crippen LogP contribution in [0.5, 0.6) is 5.75 Å². The summed E-state index contributed by atoms with van der Waals surface area (Å²) in [7, 11) is 3.25. The average molecular weight is 474 g/mol. The van der Waals surface area contributed by atoms with Crippen LogP contribution >= 0.6 is 0 Å². The summed E-state index contributed by atoms with van der Waals surface area (Å²) in [6.07, 6.45) is -0.373. The van der Waals surface area contributed by atoms with Crippen LogP contribution < -0.4 is 16.0 Å². The van der Waals surface area contributed by atoms with Gasteiger partial charge >= 0.3 is 5.69 Å². The van der Waals surface area contributed by atoms with Crippen molar-refractivity contribution in [1.82, 2.24) is 13.7 Å². The van der Waals surface area contributed by atoms with E-state index >= 15 is 0 Å². The van der Waals surface area contributed by atoms with E-state index in [9.17, 15) is 9.59 Å². The standard InChI is InChI=1S/C28H31N3O4/c1-17(2)35-20-14-12-19(13-15-20)25-24-23-21(26(32)30(6)27(33)29(23)5)22(18-10-8-7-9-11-18)31(24)28(3,4)16-34-25/h7-15,17,25H,16H2,1-6H3/t25-/m1/s1. The molecule has 0 saturated heterocycles. The highest BCUT2D eigenvalue weighted by Crippen LogP contribution is 2.45. The molecule has 0 aliphatic carbocycles. The summed E-state index contributed by atoms with van der Waals surface area (Å²) >= 11 is 0. The number of benzene rings is 2. The molecule has 0 unspecified atom stereocenters. The summed E-state index contributed by atoms with van der Waals surface area (Å²) in [6, 6.07) is 17.7. The number of hydrogen-bond acceptors (Lipinski definition) is 4. The van der Waals surface area contributed by atoms with Crippen LogP contribution in [0.25, 0.3) is 22.2 Å². The third-order valence-corrected chi connectivity index (χ3v) is 6.67. The molecule has 0 amide bonds. The fourth-order valence-corrected chi connectivity index (χ4v) is 5.11. The molecule has 182 valence electrons. The van der Waals surface area contributed by atoms with Crippen LogP contribution in [-0.4, -0.2) is 26.4 Å². The number of ether oxygens (including phenoxy) is 2. The number of aromatic nitrogens is 3. The molecule has 2 aromatic carbocycles. The van der Waals surface area contributed by atoms with Gasteiger partial charge in [-0.2, -0.15) is 0 Å². The second-order valence-electron chi connectivity index (χ2n) is 10.1. The first kappa shape index (κ1) is 23.2. The van der Waals surface area contributed by atoms with Crippen molar-refractivity contribution in [2.75, 3.05) is 6.61 Å². The van der Waals surface area contributed by atoms with Crippen LogP contribution in [0.4, 0.5) is 0 Å². The van der Waals surface area contributed by atoms with Gasteiger partial charge < -0.3 is 14.0 Å². The number of rotatable bonds is 4. The molecule has 4 aromatic rings. The van der Waals surface area contributed by atoms with Crippen molar-refractivity contribution >= 4 is 10.9 Å². The van der Waals surface area contributed by atoms with Crippen LogP contribution in [0, 0.1) is 0 Å². The zero-order valence-electron chi connectivity index (χ0n) is 21.0. The molecule has 0 spiro atoms. The molecule has 0 N–H and O–H groups in total. The van der Waals surface area contributed by atoms with E-state index in [-0.39, 0.29) is 17.4 Å². The van der Waals surface area contributed by atoms with Crippen molar-refractivity contribution in [1.29, 1.82) is 0 Å². The Hall–Kier alpha value is -3.58. The number of aryl methyl sites for hydroxylation is 1. The Morgan fingerprint density at radius 3 is 2.26 bits per heavy atom. The van der Waals surface area contributed by atoms with Crippen molar-refractivity contribution in [3.63, 3.8) is 0 Å². The topological polar surface area (TPSA) is 67.4 Å². The highest BCUT2D eigenvalue weighted by molar-refractivity contribution is 5.96. The summed E-state index contributed by atoms with van der Waals surface area (Å²) in [5.74, 6) is 0.784. The van der Waals surface area contributed by atoms with E-state index in [1.54, 1.807) is 11.6 Å². The maximum Gasteiger partial charge on any atom is 0.331 e. The van der Waals surface area contributed by atoms with E-state index in [0.29, 0.717) is 17.5 Å². The maximum absolute atomic E-state index is 13.6. The molecule has 0 saturated carbocycles. The Morgan fingerprint density at radius 1 is 0.971 bits per heavy atom. The predicted molar refractivity (Wildman–Crippen MR) is 137 cm³/mol. The molecule has 7 heteroatoms. The van der Waals surface area contributed by atoms with Gasteiger partial charge in [-0.1, -0.05) is 42.5 Å². The molecule has 0 bridgehead atoms. The van der Waals surface area contributed by atoms with Crippen molar-refractivity contribution in [3.05, 3.63) is 86.7 Å². The Labute approximate surface area is 204 Å². The summed E-state index contributed by atoms with van der Waals surface area (Å²) in [5, 5.41) is 0.527. The minimum Gasteiger partial charge on any atom is -0.491 e. The lowest BCUT2D eigenvalue weighted by molar-refractivity contribution is -0.00709. The zero-order valence-corrected chi connectivity index (χ0v) is 21.0. The highest BCUT2D eigenvalue weighted by atomic mass is 16.5. The first-order chi connectivity index (χ1) is 16.6. The van der Waals surface area contributed by atoms with Crippen LogP contribution in [0.15, 0.2) is 64.2 Å². The third kappa shape index (κ3) is 3.62.